The topological polar surface area (TPSA) is 81.4 Å². The molecule has 1 aliphatic carbocycles. The lowest BCUT2D eigenvalue weighted by atomic mass is 9.99. The summed E-state index contributed by atoms with van der Waals surface area (Å²) in [7, 11) is 0. The van der Waals surface area contributed by atoms with E-state index in [4.69, 9.17) is 10.5 Å². The lowest BCUT2D eigenvalue weighted by Gasteiger charge is -2.08. The fraction of sp³-hybridized carbons (Fsp3) is 0.294. The minimum absolute atomic E-state index is 0.0878. The van der Waals surface area contributed by atoms with Crippen molar-refractivity contribution in [2.24, 2.45) is 5.73 Å². The van der Waals surface area contributed by atoms with E-state index in [9.17, 15) is 9.59 Å². The van der Waals surface area contributed by atoms with Crippen LogP contribution in [0.3, 0.4) is 0 Å². The van der Waals surface area contributed by atoms with Crippen LogP contribution in [0, 0.1) is 0 Å². The molecule has 2 amide bonds. The molecule has 5 nitrogen and oxygen atoms in total. The number of nitrogens with one attached hydrogen (secondary N) is 1. The van der Waals surface area contributed by atoms with Crippen molar-refractivity contribution in [3.63, 3.8) is 0 Å². The molecule has 1 aliphatic rings. The first-order chi connectivity index (χ1) is 11.1. The second kappa shape index (κ2) is 6.83. The van der Waals surface area contributed by atoms with E-state index in [-0.39, 0.29) is 12.5 Å². The number of hydrogen-bond acceptors (Lipinski definition) is 4. The van der Waals surface area contributed by atoms with Gasteiger partial charge in [-0.15, -0.1) is 11.3 Å². The largest absolute Gasteiger partial charge is 0.484 e. The molecule has 0 unspecified atom stereocenters. The van der Waals surface area contributed by atoms with E-state index in [1.54, 1.807) is 35.6 Å². The van der Waals surface area contributed by atoms with E-state index in [2.05, 4.69) is 5.32 Å². The van der Waals surface area contributed by atoms with Gasteiger partial charge in [0.1, 0.15) is 5.75 Å². The Morgan fingerprint density at radius 3 is 2.61 bits per heavy atom. The summed E-state index contributed by atoms with van der Waals surface area (Å²) >= 11 is 1.59. The molecule has 3 rings (SSSR count). The van der Waals surface area contributed by atoms with E-state index < -0.39 is 5.91 Å². The first kappa shape index (κ1) is 15.6. The van der Waals surface area contributed by atoms with Gasteiger partial charge in [-0.3, -0.25) is 9.59 Å². The number of thiophene rings is 1. The van der Waals surface area contributed by atoms with Crippen LogP contribution >= 0.6 is 11.3 Å². The summed E-state index contributed by atoms with van der Waals surface area (Å²) in [5.41, 5.74) is 7.03. The third-order valence-corrected chi connectivity index (χ3v) is 4.95. The number of anilines is 1. The fourth-order valence-corrected chi connectivity index (χ4v) is 3.73. The number of fused-ring (bicyclic) bond motifs is 1. The first-order valence-electron chi connectivity index (χ1n) is 7.56. The van der Waals surface area contributed by atoms with Crippen molar-refractivity contribution >= 4 is 28.8 Å². The highest BCUT2D eigenvalue weighted by Crippen LogP contribution is 2.30. The molecular weight excluding hydrogens is 312 g/mol. The van der Waals surface area contributed by atoms with Crippen LogP contribution in [0.25, 0.3) is 0 Å². The molecule has 0 radical (unpaired) electrons. The minimum atomic E-state index is -0.524. The second-order valence-electron chi connectivity index (χ2n) is 5.50. The summed E-state index contributed by atoms with van der Waals surface area (Å²) in [5, 5.41) is 2.88. The molecule has 0 saturated heterocycles. The molecule has 3 N–H and O–H groups in total. The van der Waals surface area contributed by atoms with Crippen LogP contribution in [0.1, 0.15) is 33.0 Å². The van der Waals surface area contributed by atoms with Gasteiger partial charge < -0.3 is 15.8 Å². The Bertz CT molecular complexity index is 698. The zero-order valence-corrected chi connectivity index (χ0v) is 13.4. The molecule has 0 atom stereocenters. The third kappa shape index (κ3) is 3.90. The van der Waals surface area contributed by atoms with Crippen LogP contribution in [0.4, 0.5) is 5.69 Å². The number of ether oxygens (including phenoxy) is 1. The number of benzene rings is 1. The van der Waals surface area contributed by atoms with Gasteiger partial charge in [0, 0.05) is 10.6 Å². The van der Waals surface area contributed by atoms with Crippen LogP contribution in [0.2, 0.25) is 0 Å². The number of aryl methyl sites for hydroxylation is 2. The minimum Gasteiger partial charge on any atom is -0.484 e. The Kier molecular flexibility index (Phi) is 4.62. The fourth-order valence-electron chi connectivity index (χ4n) is 2.58. The molecule has 0 spiro atoms. The molecule has 120 valence electrons. The van der Waals surface area contributed by atoms with Crippen molar-refractivity contribution in [3.8, 4) is 5.75 Å². The summed E-state index contributed by atoms with van der Waals surface area (Å²) in [6.07, 6.45) is 4.57. The van der Waals surface area contributed by atoms with Crippen LogP contribution in [-0.4, -0.2) is 18.4 Å². The van der Waals surface area contributed by atoms with Crippen LogP contribution in [0.5, 0.6) is 5.75 Å². The Morgan fingerprint density at radius 2 is 1.91 bits per heavy atom. The maximum absolute atomic E-state index is 12.3. The number of carbonyl (C=O) groups is 2. The molecule has 6 heteroatoms. The van der Waals surface area contributed by atoms with Gasteiger partial charge in [-0.25, -0.2) is 0 Å². The monoisotopic (exact) mass is 330 g/mol. The Labute approximate surface area is 138 Å². The number of carbonyl (C=O) groups excluding carboxylic acids is 2. The highest BCUT2D eigenvalue weighted by Gasteiger charge is 2.17. The average molecular weight is 330 g/mol. The molecule has 23 heavy (non-hydrogen) atoms. The smallest absolute Gasteiger partial charge is 0.265 e. The highest BCUT2D eigenvalue weighted by atomic mass is 32.1. The van der Waals surface area contributed by atoms with Crippen molar-refractivity contribution in [2.45, 2.75) is 25.7 Å². The number of rotatable bonds is 5. The summed E-state index contributed by atoms with van der Waals surface area (Å²) < 4.78 is 5.18. The first-order valence-corrected chi connectivity index (χ1v) is 8.37. The molecule has 0 aliphatic heterocycles. The van der Waals surface area contributed by atoms with Gasteiger partial charge in [-0.1, -0.05) is 0 Å². The molecule has 1 heterocycles. The van der Waals surface area contributed by atoms with E-state index in [1.807, 2.05) is 6.07 Å². The van der Waals surface area contributed by atoms with Gasteiger partial charge in [-0.05, 0) is 61.6 Å². The SMILES string of the molecule is NC(=O)COc1ccc(NC(=O)c2cc3c(s2)CCCC3)cc1. The van der Waals surface area contributed by atoms with Crippen LogP contribution in [0.15, 0.2) is 30.3 Å². The quantitative estimate of drug-likeness (QED) is 0.884. The molecule has 0 fully saturated rings. The molecule has 0 saturated carbocycles. The van der Waals surface area contributed by atoms with Crippen molar-refractivity contribution in [1.82, 2.24) is 0 Å². The Morgan fingerprint density at radius 1 is 1.17 bits per heavy atom. The van der Waals surface area contributed by atoms with E-state index >= 15 is 0 Å². The van der Waals surface area contributed by atoms with Crippen molar-refractivity contribution < 1.29 is 14.3 Å². The average Bonchev–Trinajstić information content (AvgIpc) is 2.98. The van der Waals surface area contributed by atoms with Gasteiger partial charge in [-0.2, -0.15) is 0 Å². The number of hydrogen-bond donors (Lipinski definition) is 2. The maximum atomic E-state index is 12.3. The van der Waals surface area contributed by atoms with E-state index in [0.717, 1.165) is 17.7 Å². The zero-order chi connectivity index (χ0) is 16.2. The normalized spacial score (nSPS) is 13.2. The predicted octanol–water partition coefficient (Wildman–Crippen LogP) is 2.74. The van der Waals surface area contributed by atoms with Gasteiger partial charge in [0.2, 0.25) is 0 Å². The van der Waals surface area contributed by atoms with Crippen molar-refractivity contribution in [1.29, 1.82) is 0 Å². The van der Waals surface area contributed by atoms with Crippen molar-refractivity contribution in [3.05, 3.63) is 45.6 Å². The van der Waals surface area contributed by atoms with Gasteiger partial charge in [0.15, 0.2) is 6.61 Å². The van der Waals surface area contributed by atoms with Gasteiger partial charge >= 0.3 is 0 Å². The van der Waals surface area contributed by atoms with E-state index in [1.165, 1.54) is 23.3 Å². The molecule has 1 aromatic heterocycles. The number of amides is 2. The standard InChI is InChI=1S/C17H18N2O3S/c18-16(20)10-22-13-7-5-12(6-8-13)19-17(21)15-9-11-3-1-2-4-14(11)23-15/h5-9H,1-4,10H2,(H2,18,20)(H,19,21). The Hall–Kier alpha value is -2.34. The lowest BCUT2D eigenvalue weighted by Crippen LogP contribution is -2.20. The zero-order valence-electron chi connectivity index (χ0n) is 12.6. The van der Waals surface area contributed by atoms with Crippen LogP contribution in [-0.2, 0) is 17.6 Å². The summed E-state index contributed by atoms with van der Waals surface area (Å²) in [5.74, 6) is -0.0763. The third-order valence-electron chi connectivity index (χ3n) is 3.71. The second-order valence-corrected chi connectivity index (χ2v) is 6.64. The molecule has 1 aromatic carbocycles. The van der Waals surface area contributed by atoms with Gasteiger partial charge in [0.05, 0.1) is 4.88 Å². The predicted molar refractivity (Wildman–Crippen MR) is 90.0 cm³/mol. The lowest BCUT2D eigenvalue weighted by molar-refractivity contribution is -0.119. The van der Waals surface area contributed by atoms with Gasteiger partial charge in [0.25, 0.3) is 11.8 Å². The molecule has 2 aromatic rings. The molecule has 0 bridgehead atoms. The van der Waals surface area contributed by atoms with E-state index in [0.29, 0.717) is 11.4 Å². The summed E-state index contributed by atoms with van der Waals surface area (Å²) in [6.45, 7) is -0.160. The maximum Gasteiger partial charge on any atom is 0.265 e. The van der Waals surface area contributed by atoms with Crippen molar-refractivity contribution in [2.75, 3.05) is 11.9 Å². The van der Waals surface area contributed by atoms with Crippen LogP contribution < -0.4 is 15.8 Å². The summed E-state index contributed by atoms with van der Waals surface area (Å²) in [4.78, 5) is 25.1. The number of nitrogens with two attached hydrogens (primary N) is 1. The number of primary amides is 1. The highest BCUT2D eigenvalue weighted by molar-refractivity contribution is 7.14. The summed E-state index contributed by atoms with van der Waals surface area (Å²) in [6, 6.07) is 8.87. The molecular formula is C17H18N2O3S. The Balaban J connectivity index is 1.63.